The Morgan fingerprint density at radius 3 is 3.08 bits per heavy atom. The van der Waals surface area contributed by atoms with Crippen molar-refractivity contribution in [3.05, 3.63) is 29.3 Å². The Labute approximate surface area is 71.4 Å². The molecule has 1 aromatic rings. The molecular weight excluding hydrogens is 152 g/mol. The molecule has 0 aliphatic carbocycles. The second-order valence-electron chi connectivity index (χ2n) is 3.06. The topological polar surface area (TPSA) is 49.5 Å². The first-order valence-corrected chi connectivity index (χ1v) is 4.06. The van der Waals surface area contributed by atoms with Crippen LogP contribution < -0.4 is 10.9 Å². The van der Waals surface area contributed by atoms with Crippen molar-refractivity contribution < 1.29 is 5.11 Å². The Hall–Kier alpha value is -1.06. The molecule has 0 aromatic heterocycles. The molecule has 2 rings (SSSR count). The molecule has 0 fully saturated rings. The minimum Gasteiger partial charge on any atom is -0.392 e. The monoisotopic (exact) mass is 164 g/mol. The van der Waals surface area contributed by atoms with E-state index in [2.05, 4.69) is 0 Å². The van der Waals surface area contributed by atoms with Crippen LogP contribution in [0.5, 0.6) is 0 Å². The van der Waals surface area contributed by atoms with Gasteiger partial charge in [-0.2, -0.15) is 0 Å². The lowest BCUT2D eigenvalue weighted by Gasteiger charge is -2.11. The van der Waals surface area contributed by atoms with E-state index in [-0.39, 0.29) is 6.61 Å². The quantitative estimate of drug-likeness (QED) is 0.591. The van der Waals surface area contributed by atoms with Crippen LogP contribution in [0.1, 0.15) is 11.1 Å². The zero-order chi connectivity index (χ0) is 8.55. The summed E-state index contributed by atoms with van der Waals surface area (Å²) in [6.45, 7) is 0.964. The largest absolute Gasteiger partial charge is 0.392 e. The van der Waals surface area contributed by atoms with Crippen molar-refractivity contribution in [3.63, 3.8) is 0 Å². The Morgan fingerprint density at radius 2 is 2.33 bits per heavy atom. The zero-order valence-electron chi connectivity index (χ0n) is 6.83. The lowest BCUT2D eigenvalue weighted by Crippen LogP contribution is -2.28. The third-order valence-corrected chi connectivity index (χ3v) is 2.26. The number of fused-ring (bicyclic) bond motifs is 1. The Morgan fingerprint density at radius 1 is 1.50 bits per heavy atom. The van der Waals surface area contributed by atoms with E-state index in [4.69, 9.17) is 10.9 Å². The highest BCUT2D eigenvalue weighted by molar-refractivity contribution is 5.58. The molecule has 1 heterocycles. The van der Waals surface area contributed by atoms with Crippen molar-refractivity contribution in [2.45, 2.75) is 13.0 Å². The van der Waals surface area contributed by atoms with Gasteiger partial charge in [-0.25, -0.2) is 5.84 Å². The summed E-state index contributed by atoms with van der Waals surface area (Å²) in [6.07, 6.45) is 1.01. The molecule has 0 spiro atoms. The third kappa shape index (κ3) is 1.07. The van der Waals surface area contributed by atoms with Crippen molar-refractivity contribution in [3.8, 4) is 0 Å². The van der Waals surface area contributed by atoms with Crippen LogP contribution in [-0.4, -0.2) is 11.7 Å². The molecule has 3 N–H and O–H groups in total. The molecule has 64 valence electrons. The van der Waals surface area contributed by atoms with E-state index in [9.17, 15) is 0 Å². The number of nitrogens with zero attached hydrogens (tertiary/aromatic N) is 1. The number of nitrogens with two attached hydrogens (primary N) is 1. The SMILES string of the molecule is NN1CCc2ccc(CO)cc21. The van der Waals surface area contributed by atoms with E-state index in [1.807, 2.05) is 18.2 Å². The smallest absolute Gasteiger partial charge is 0.0682 e. The zero-order valence-corrected chi connectivity index (χ0v) is 6.83. The van der Waals surface area contributed by atoms with Gasteiger partial charge in [0, 0.05) is 6.54 Å². The Bertz CT molecular complexity index is 299. The fourth-order valence-electron chi connectivity index (χ4n) is 1.55. The summed E-state index contributed by atoms with van der Waals surface area (Å²) < 4.78 is 0. The van der Waals surface area contributed by atoms with Gasteiger partial charge >= 0.3 is 0 Å². The highest BCUT2D eigenvalue weighted by Gasteiger charge is 2.15. The molecule has 12 heavy (non-hydrogen) atoms. The van der Waals surface area contributed by atoms with Gasteiger partial charge in [0.1, 0.15) is 0 Å². The normalized spacial score (nSPS) is 15.0. The molecule has 0 bridgehead atoms. The maximum atomic E-state index is 8.90. The Kier molecular flexibility index (Phi) is 1.75. The van der Waals surface area contributed by atoms with Crippen LogP contribution in [0.3, 0.4) is 0 Å². The number of aliphatic hydroxyl groups excluding tert-OH is 1. The molecule has 1 aliphatic heterocycles. The molecular formula is C9H12N2O. The highest BCUT2D eigenvalue weighted by atomic mass is 16.3. The van der Waals surface area contributed by atoms with Crippen LogP contribution >= 0.6 is 0 Å². The van der Waals surface area contributed by atoms with Gasteiger partial charge in [-0.15, -0.1) is 0 Å². The number of hydrogen-bond donors (Lipinski definition) is 2. The van der Waals surface area contributed by atoms with Crippen molar-refractivity contribution in [1.82, 2.24) is 0 Å². The summed E-state index contributed by atoms with van der Waals surface area (Å²) in [5.74, 6) is 5.72. The molecule has 1 aromatic carbocycles. The van der Waals surface area contributed by atoms with Crippen LogP contribution in [0, 0.1) is 0 Å². The van der Waals surface area contributed by atoms with Gasteiger partial charge in [-0.1, -0.05) is 12.1 Å². The van der Waals surface area contributed by atoms with Crippen LogP contribution in [0.25, 0.3) is 0 Å². The number of benzene rings is 1. The average Bonchev–Trinajstić information content (AvgIpc) is 2.47. The summed E-state index contributed by atoms with van der Waals surface area (Å²) >= 11 is 0. The lowest BCUT2D eigenvalue weighted by atomic mass is 10.1. The molecule has 0 saturated carbocycles. The first-order chi connectivity index (χ1) is 5.81. The summed E-state index contributed by atoms with van der Waals surface area (Å²) in [6, 6.07) is 5.92. The first kappa shape index (κ1) is 7.58. The number of hydrogen-bond acceptors (Lipinski definition) is 3. The minimum absolute atomic E-state index is 0.0844. The molecule has 0 amide bonds. The first-order valence-electron chi connectivity index (χ1n) is 4.06. The fraction of sp³-hybridized carbons (Fsp3) is 0.333. The molecule has 3 heteroatoms. The van der Waals surface area contributed by atoms with Crippen molar-refractivity contribution in [1.29, 1.82) is 0 Å². The number of rotatable bonds is 1. The van der Waals surface area contributed by atoms with Gasteiger partial charge in [0.2, 0.25) is 0 Å². The van der Waals surface area contributed by atoms with E-state index in [0.717, 1.165) is 24.2 Å². The standard InChI is InChI=1S/C9H12N2O/c10-11-4-3-8-2-1-7(6-12)5-9(8)11/h1-2,5,12H,3-4,6,10H2. The molecule has 1 aliphatic rings. The molecule has 0 radical (unpaired) electrons. The van der Waals surface area contributed by atoms with Crippen molar-refractivity contribution in [2.24, 2.45) is 5.84 Å². The molecule has 3 nitrogen and oxygen atoms in total. The summed E-state index contributed by atoms with van der Waals surface area (Å²) in [5, 5.41) is 10.6. The van der Waals surface area contributed by atoms with E-state index < -0.39 is 0 Å². The maximum Gasteiger partial charge on any atom is 0.0682 e. The van der Waals surface area contributed by atoms with Crippen molar-refractivity contribution >= 4 is 5.69 Å². The summed E-state index contributed by atoms with van der Waals surface area (Å²) in [5.41, 5.74) is 3.25. The third-order valence-electron chi connectivity index (χ3n) is 2.26. The fourth-order valence-corrected chi connectivity index (χ4v) is 1.55. The lowest BCUT2D eigenvalue weighted by molar-refractivity contribution is 0.282. The van der Waals surface area contributed by atoms with Gasteiger partial charge in [-0.05, 0) is 23.6 Å². The van der Waals surface area contributed by atoms with Crippen LogP contribution in [0.15, 0.2) is 18.2 Å². The summed E-state index contributed by atoms with van der Waals surface area (Å²) in [4.78, 5) is 0. The Balaban J connectivity index is 2.43. The predicted molar refractivity (Wildman–Crippen MR) is 47.6 cm³/mol. The van der Waals surface area contributed by atoms with E-state index >= 15 is 0 Å². The number of hydrazine groups is 1. The van der Waals surface area contributed by atoms with Gasteiger partial charge in [-0.3, -0.25) is 0 Å². The average molecular weight is 164 g/mol. The number of anilines is 1. The van der Waals surface area contributed by atoms with Gasteiger partial charge in [0.15, 0.2) is 0 Å². The van der Waals surface area contributed by atoms with Crippen LogP contribution in [-0.2, 0) is 13.0 Å². The molecule has 0 atom stereocenters. The van der Waals surface area contributed by atoms with Gasteiger partial charge < -0.3 is 10.1 Å². The minimum atomic E-state index is 0.0844. The maximum absolute atomic E-state index is 8.90. The predicted octanol–water partition coefficient (Wildman–Crippen LogP) is 0.415. The number of aliphatic hydroxyl groups is 1. The van der Waals surface area contributed by atoms with Gasteiger partial charge in [0.05, 0.1) is 12.3 Å². The second kappa shape index (κ2) is 2.77. The van der Waals surface area contributed by atoms with Crippen LogP contribution in [0.2, 0.25) is 0 Å². The van der Waals surface area contributed by atoms with E-state index in [1.54, 1.807) is 5.01 Å². The summed E-state index contributed by atoms with van der Waals surface area (Å²) in [7, 11) is 0. The molecule has 0 saturated heterocycles. The van der Waals surface area contributed by atoms with Crippen LogP contribution in [0.4, 0.5) is 5.69 Å². The van der Waals surface area contributed by atoms with E-state index in [0.29, 0.717) is 0 Å². The second-order valence-corrected chi connectivity index (χ2v) is 3.06. The van der Waals surface area contributed by atoms with Crippen molar-refractivity contribution in [2.75, 3.05) is 11.6 Å². The highest BCUT2D eigenvalue weighted by Crippen LogP contribution is 2.26. The van der Waals surface area contributed by atoms with E-state index in [1.165, 1.54) is 5.56 Å². The van der Waals surface area contributed by atoms with Gasteiger partial charge in [0.25, 0.3) is 0 Å². The molecule has 0 unspecified atom stereocenters.